The molecule has 2 saturated heterocycles. The normalized spacial score (nSPS) is 21.1. The first-order valence-corrected chi connectivity index (χ1v) is 11.9. The molecule has 2 bridgehead atoms. The number of pyridine rings is 1. The molecule has 0 radical (unpaired) electrons. The van der Waals surface area contributed by atoms with E-state index >= 15 is 0 Å². The van der Waals surface area contributed by atoms with Gasteiger partial charge in [0.25, 0.3) is 5.91 Å². The summed E-state index contributed by atoms with van der Waals surface area (Å²) >= 11 is 6.02. The Kier molecular flexibility index (Phi) is 6.42. The molecule has 182 valence electrons. The minimum atomic E-state index is -0.543. The summed E-state index contributed by atoms with van der Waals surface area (Å²) in [5, 5.41) is 10.5. The fourth-order valence-electron chi connectivity index (χ4n) is 5.14. The molecule has 2 amide bonds. The van der Waals surface area contributed by atoms with Gasteiger partial charge in [-0.3, -0.25) is 14.7 Å². The van der Waals surface area contributed by atoms with Gasteiger partial charge in [0.05, 0.1) is 19.0 Å². The van der Waals surface area contributed by atoms with E-state index in [0.29, 0.717) is 30.1 Å². The lowest BCUT2D eigenvalue weighted by molar-refractivity contribution is -0.127. The van der Waals surface area contributed by atoms with Gasteiger partial charge in [0.15, 0.2) is 11.5 Å². The zero-order valence-electron chi connectivity index (χ0n) is 19.1. The molecular weight excluding hydrogens is 473 g/mol. The van der Waals surface area contributed by atoms with Crippen molar-refractivity contribution in [3.63, 3.8) is 0 Å². The van der Waals surface area contributed by atoms with Crippen molar-refractivity contribution in [3.05, 3.63) is 64.7 Å². The van der Waals surface area contributed by atoms with E-state index in [-0.39, 0.29) is 47.0 Å². The van der Waals surface area contributed by atoms with Crippen molar-refractivity contribution in [2.24, 2.45) is 5.92 Å². The number of amides is 2. The van der Waals surface area contributed by atoms with Gasteiger partial charge in [0.2, 0.25) is 11.8 Å². The molecule has 3 atom stereocenters. The second-order valence-electron chi connectivity index (χ2n) is 8.99. The smallest absolute Gasteiger partial charge is 0.274 e. The van der Waals surface area contributed by atoms with Crippen LogP contribution in [0.1, 0.15) is 41.7 Å². The number of H-pyrrole nitrogens is 1. The highest BCUT2D eigenvalue weighted by Crippen LogP contribution is 2.40. The Morgan fingerprint density at radius 3 is 2.71 bits per heavy atom. The number of ether oxygens (including phenoxy) is 1. The molecule has 35 heavy (non-hydrogen) atoms. The minimum absolute atomic E-state index is 0.00172. The van der Waals surface area contributed by atoms with Crippen LogP contribution in [0.4, 0.5) is 4.39 Å². The first kappa shape index (κ1) is 23.3. The highest BCUT2D eigenvalue weighted by molar-refractivity contribution is 6.30. The van der Waals surface area contributed by atoms with Crippen molar-refractivity contribution in [1.82, 2.24) is 25.4 Å². The minimum Gasteiger partial charge on any atom is -0.481 e. The average Bonchev–Trinajstić information content (AvgIpc) is 3.45. The first-order valence-electron chi connectivity index (χ1n) is 11.5. The zero-order chi connectivity index (χ0) is 24.5. The first-order chi connectivity index (χ1) is 16.9. The molecule has 2 fully saturated rings. The van der Waals surface area contributed by atoms with E-state index in [9.17, 15) is 14.0 Å². The predicted molar refractivity (Wildman–Crippen MR) is 127 cm³/mol. The van der Waals surface area contributed by atoms with Crippen molar-refractivity contribution in [2.45, 2.75) is 44.3 Å². The molecule has 2 aromatic heterocycles. The molecule has 0 spiro atoms. The third-order valence-corrected chi connectivity index (χ3v) is 7.06. The van der Waals surface area contributed by atoms with Crippen LogP contribution in [0.25, 0.3) is 11.3 Å². The van der Waals surface area contributed by atoms with Crippen LogP contribution in [-0.2, 0) is 11.3 Å². The van der Waals surface area contributed by atoms with Crippen molar-refractivity contribution in [3.8, 4) is 17.1 Å². The largest absolute Gasteiger partial charge is 0.481 e. The van der Waals surface area contributed by atoms with Gasteiger partial charge < -0.3 is 15.0 Å². The van der Waals surface area contributed by atoms with E-state index in [4.69, 9.17) is 16.3 Å². The molecule has 5 rings (SSSR count). The lowest BCUT2D eigenvalue weighted by atomic mass is 9.89. The molecule has 2 aliphatic heterocycles. The van der Waals surface area contributed by atoms with Crippen LogP contribution in [0.2, 0.25) is 5.02 Å². The van der Waals surface area contributed by atoms with Gasteiger partial charge >= 0.3 is 0 Å². The van der Waals surface area contributed by atoms with Gasteiger partial charge in [-0.15, -0.1) is 0 Å². The molecule has 2 unspecified atom stereocenters. The number of hydrogen-bond acceptors (Lipinski definition) is 5. The molecule has 3 aromatic rings. The molecule has 0 aliphatic carbocycles. The molecule has 4 heterocycles. The topological polar surface area (TPSA) is 100 Å². The van der Waals surface area contributed by atoms with Crippen LogP contribution in [-0.4, -0.2) is 51.1 Å². The maximum absolute atomic E-state index is 14.3. The van der Waals surface area contributed by atoms with E-state index in [1.165, 1.54) is 13.2 Å². The third kappa shape index (κ3) is 4.73. The number of carbonyl (C=O) groups excluding carboxylic acids is 2. The molecule has 8 nitrogen and oxygen atoms in total. The van der Waals surface area contributed by atoms with Gasteiger partial charge in [-0.25, -0.2) is 9.37 Å². The number of nitrogens with one attached hydrogen (secondary N) is 2. The van der Waals surface area contributed by atoms with Crippen LogP contribution in [0.15, 0.2) is 42.6 Å². The van der Waals surface area contributed by atoms with E-state index < -0.39 is 5.82 Å². The maximum Gasteiger partial charge on any atom is 0.274 e. The Morgan fingerprint density at radius 2 is 2.00 bits per heavy atom. The van der Waals surface area contributed by atoms with Crippen LogP contribution in [0, 0.1) is 11.7 Å². The molecule has 1 aromatic carbocycles. The SMILES string of the molecule is COc1cc(-c2cc(C(=O)N3C4CC[C@@H]3CC(C(=O)NCc3cccc(Cl)c3)C4)n[nH]2)c(F)cn1. The van der Waals surface area contributed by atoms with E-state index in [0.717, 1.165) is 24.6 Å². The van der Waals surface area contributed by atoms with Crippen molar-refractivity contribution >= 4 is 23.4 Å². The van der Waals surface area contributed by atoms with E-state index in [2.05, 4.69) is 20.5 Å². The fourth-order valence-corrected chi connectivity index (χ4v) is 5.36. The number of piperidine rings is 1. The van der Waals surface area contributed by atoms with Gasteiger partial charge in [-0.1, -0.05) is 23.7 Å². The number of halogens is 2. The number of benzene rings is 1. The number of rotatable bonds is 6. The van der Waals surface area contributed by atoms with Crippen LogP contribution in [0.3, 0.4) is 0 Å². The van der Waals surface area contributed by atoms with Gasteiger partial charge in [0.1, 0.15) is 0 Å². The standard InChI is InChI=1S/C25H25ClFN5O3/c1-35-23-10-19(20(27)13-28-23)21-11-22(31-30-21)25(34)32-17-5-6-18(32)9-15(8-17)24(33)29-12-14-3-2-4-16(26)7-14/h2-4,7,10-11,13,15,17-18H,5-6,8-9,12H2,1H3,(H,29,33)(H,30,31)/t15?,17-,18?/m1/s1. The summed E-state index contributed by atoms with van der Waals surface area (Å²) in [4.78, 5) is 31.9. The number of nitrogens with zero attached hydrogens (tertiary/aromatic N) is 3. The quantitative estimate of drug-likeness (QED) is 0.536. The Balaban J connectivity index is 1.25. The fraction of sp³-hybridized carbons (Fsp3) is 0.360. The predicted octanol–water partition coefficient (Wildman–Crippen LogP) is 3.97. The number of hydrogen-bond donors (Lipinski definition) is 2. The van der Waals surface area contributed by atoms with Crippen LogP contribution in [0.5, 0.6) is 5.88 Å². The second kappa shape index (κ2) is 9.65. The molecule has 10 heteroatoms. The van der Waals surface area contributed by atoms with Gasteiger partial charge in [-0.05, 0) is 49.4 Å². The zero-order valence-corrected chi connectivity index (χ0v) is 19.9. The Bertz CT molecular complexity index is 1250. The Labute approximate surface area is 206 Å². The molecular formula is C25H25ClFN5O3. The monoisotopic (exact) mass is 497 g/mol. The van der Waals surface area contributed by atoms with Crippen molar-refractivity contribution < 1.29 is 18.7 Å². The van der Waals surface area contributed by atoms with Crippen LogP contribution < -0.4 is 10.1 Å². The number of aromatic amines is 1. The number of aromatic nitrogens is 3. The summed E-state index contributed by atoms with van der Waals surface area (Å²) in [6.07, 6.45) is 3.98. The summed E-state index contributed by atoms with van der Waals surface area (Å²) in [7, 11) is 1.45. The summed E-state index contributed by atoms with van der Waals surface area (Å²) in [5.74, 6) is -0.642. The summed E-state index contributed by atoms with van der Waals surface area (Å²) in [6.45, 7) is 0.417. The number of fused-ring (bicyclic) bond motifs is 2. The summed E-state index contributed by atoms with van der Waals surface area (Å²) in [5.41, 5.74) is 1.76. The Hall–Kier alpha value is -3.46. The highest BCUT2D eigenvalue weighted by atomic mass is 35.5. The third-order valence-electron chi connectivity index (χ3n) is 6.82. The molecule has 2 N–H and O–H groups in total. The highest BCUT2D eigenvalue weighted by Gasteiger charge is 2.45. The molecule has 0 saturated carbocycles. The van der Waals surface area contributed by atoms with Gasteiger partial charge in [-0.2, -0.15) is 5.10 Å². The van der Waals surface area contributed by atoms with E-state index in [1.807, 2.05) is 23.1 Å². The number of methoxy groups -OCH3 is 1. The number of carbonyl (C=O) groups is 2. The van der Waals surface area contributed by atoms with Crippen molar-refractivity contribution in [2.75, 3.05) is 7.11 Å². The van der Waals surface area contributed by atoms with Gasteiger partial charge in [0, 0.05) is 41.2 Å². The van der Waals surface area contributed by atoms with Crippen molar-refractivity contribution in [1.29, 1.82) is 0 Å². The Morgan fingerprint density at radius 1 is 1.23 bits per heavy atom. The lowest BCUT2D eigenvalue weighted by Gasteiger charge is -2.38. The lowest BCUT2D eigenvalue weighted by Crippen LogP contribution is -2.49. The summed E-state index contributed by atoms with van der Waals surface area (Å²) in [6, 6.07) is 10.3. The molecule has 2 aliphatic rings. The average molecular weight is 498 g/mol. The second-order valence-corrected chi connectivity index (χ2v) is 9.42. The van der Waals surface area contributed by atoms with E-state index in [1.54, 1.807) is 12.1 Å². The summed E-state index contributed by atoms with van der Waals surface area (Å²) < 4.78 is 19.4. The maximum atomic E-state index is 14.3. The van der Waals surface area contributed by atoms with Crippen LogP contribution >= 0.6 is 11.6 Å².